The van der Waals surface area contributed by atoms with Crippen LogP contribution in [0.25, 0.3) is 5.69 Å². The van der Waals surface area contributed by atoms with Crippen molar-refractivity contribution in [2.24, 2.45) is 0 Å². The highest BCUT2D eigenvalue weighted by Crippen LogP contribution is 2.27. The molecule has 164 valence electrons. The third kappa shape index (κ3) is 4.34. The van der Waals surface area contributed by atoms with Crippen molar-refractivity contribution >= 4 is 5.91 Å². The Morgan fingerprint density at radius 1 is 1.13 bits per heavy atom. The molecule has 3 aromatic rings. The monoisotopic (exact) mass is 423 g/mol. The number of nitrogens with zero attached hydrogens (tertiary/aromatic N) is 5. The van der Waals surface area contributed by atoms with Gasteiger partial charge in [0.1, 0.15) is 5.82 Å². The van der Waals surface area contributed by atoms with Gasteiger partial charge in [0, 0.05) is 56.3 Å². The molecule has 8 heteroatoms. The fourth-order valence-corrected chi connectivity index (χ4v) is 4.19. The van der Waals surface area contributed by atoms with E-state index in [2.05, 4.69) is 5.10 Å². The molecule has 1 aliphatic rings. The predicted octanol–water partition coefficient (Wildman–Crippen LogP) is 2.52. The van der Waals surface area contributed by atoms with E-state index in [1.54, 1.807) is 11.7 Å². The van der Waals surface area contributed by atoms with E-state index < -0.39 is 0 Å². The van der Waals surface area contributed by atoms with Crippen molar-refractivity contribution in [1.82, 2.24) is 23.8 Å². The Labute approximate surface area is 181 Å². The number of benzene rings is 1. The number of likely N-dealkylation sites (tertiary alicyclic amines) is 1. The molecule has 1 saturated heterocycles. The van der Waals surface area contributed by atoms with Crippen LogP contribution in [0.3, 0.4) is 0 Å². The second-order valence-electron chi connectivity index (χ2n) is 7.80. The van der Waals surface area contributed by atoms with Gasteiger partial charge in [0.2, 0.25) is 0 Å². The molecular weight excluding hydrogens is 394 g/mol. The summed E-state index contributed by atoms with van der Waals surface area (Å²) in [5, 5.41) is 4.59. The summed E-state index contributed by atoms with van der Waals surface area (Å²) in [6.07, 6.45) is 5.56. The molecule has 1 aliphatic heterocycles. The number of hydrogen-bond acceptors (Lipinski definition) is 4. The topological polar surface area (TPSA) is 74.3 Å². The van der Waals surface area contributed by atoms with Crippen molar-refractivity contribution in [3.8, 4) is 5.69 Å². The Bertz CT molecular complexity index is 1060. The number of ether oxygens (including phenoxy) is 1. The third-order valence-corrected chi connectivity index (χ3v) is 5.94. The summed E-state index contributed by atoms with van der Waals surface area (Å²) in [5.41, 5.74) is 1.64. The lowest BCUT2D eigenvalue weighted by molar-refractivity contribution is 0.0710. The Hall–Kier alpha value is -3.13. The number of carbonyl (C=O) groups is 1. The van der Waals surface area contributed by atoms with Crippen molar-refractivity contribution in [2.45, 2.75) is 38.8 Å². The first-order chi connectivity index (χ1) is 15.1. The summed E-state index contributed by atoms with van der Waals surface area (Å²) in [5.74, 6) is 1.06. The third-order valence-electron chi connectivity index (χ3n) is 5.94. The first-order valence-corrected chi connectivity index (χ1v) is 10.8. The minimum Gasteiger partial charge on any atom is -0.383 e. The summed E-state index contributed by atoms with van der Waals surface area (Å²) < 4.78 is 10.3. The Morgan fingerprint density at radius 3 is 2.42 bits per heavy atom. The minimum absolute atomic E-state index is 0.0519. The zero-order chi connectivity index (χ0) is 21.8. The van der Waals surface area contributed by atoms with E-state index in [4.69, 9.17) is 4.74 Å². The maximum Gasteiger partial charge on any atom is 0.345 e. The number of piperidine rings is 1. The van der Waals surface area contributed by atoms with Crippen LogP contribution in [0.5, 0.6) is 0 Å². The van der Waals surface area contributed by atoms with E-state index in [-0.39, 0.29) is 17.5 Å². The lowest BCUT2D eigenvalue weighted by Crippen LogP contribution is -2.38. The van der Waals surface area contributed by atoms with Crippen molar-refractivity contribution in [3.05, 3.63) is 70.7 Å². The predicted molar refractivity (Wildman–Crippen MR) is 118 cm³/mol. The first kappa shape index (κ1) is 21.1. The largest absolute Gasteiger partial charge is 0.383 e. The second kappa shape index (κ2) is 9.34. The van der Waals surface area contributed by atoms with Gasteiger partial charge in [-0.2, -0.15) is 5.10 Å². The maximum atomic E-state index is 13.0. The lowest BCUT2D eigenvalue weighted by atomic mass is 9.95. The highest BCUT2D eigenvalue weighted by atomic mass is 16.5. The van der Waals surface area contributed by atoms with Gasteiger partial charge in [0.05, 0.1) is 13.2 Å². The van der Waals surface area contributed by atoms with E-state index in [1.807, 2.05) is 65.2 Å². The van der Waals surface area contributed by atoms with Gasteiger partial charge in [-0.15, -0.1) is 0 Å². The fraction of sp³-hybridized carbons (Fsp3) is 0.435. The number of amides is 1. The van der Waals surface area contributed by atoms with Gasteiger partial charge >= 0.3 is 5.69 Å². The van der Waals surface area contributed by atoms with Crippen LogP contribution in [0.1, 0.15) is 41.9 Å². The van der Waals surface area contributed by atoms with E-state index in [9.17, 15) is 9.59 Å². The van der Waals surface area contributed by atoms with Crippen molar-refractivity contribution < 1.29 is 9.53 Å². The smallest absolute Gasteiger partial charge is 0.345 e. The van der Waals surface area contributed by atoms with Crippen molar-refractivity contribution in [3.63, 3.8) is 0 Å². The number of hydrogen-bond donors (Lipinski definition) is 0. The summed E-state index contributed by atoms with van der Waals surface area (Å²) in [6, 6.07) is 11.6. The summed E-state index contributed by atoms with van der Waals surface area (Å²) >= 11 is 0. The molecule has 3 heterocycles. The zero-order valence-corrected chi connectivity index (χ0v) is 18.1. The van der Waals surface area contributed by atoms with Gasteiger partial charge in [0.15, 0.2) is 0 Å². The van der Waals surface area contributed by atoms with Crippen LogP contribution in [0, 0.1) is 0 Å². The van der Waals surface area contributed by atoms with Gasteiger partial charge in [-0.3, -0.25) is 9.36 Å². The molecule has 0 atom stereocenters. The molecule has 1 amide bonds. The summed E-state index contributed by atoms with van der Waals surface area (Å²) in [6.45, 7) is 4.77. The fourth-order valence-electron chi connectivity index (χ4n) is 4.19. The van der Waals surface area contributed by atoms with Crippen LogP contribution in [0.15, 0.2) is 53.6 Å². The van der Waals surface area contributed by atoms with Gasteiger partial charge in [-0.05, 0) is 56.2 Å². The van der Waals surface area contributed by atoms with Crippen LogP contribution < -0.4 is 5.69 Å². The van der Waals surface area contributed by atoms with Crippen molar-refractivity contribution in [1.29, 1.82) is 0 Å². The van der Waals surface area contributed by atoms with E-state index in [0.29, 0.717) is 38.3 Å². The first-order valence-electron chi connectivity index (χ1n) is 10.8. The average Bonchev–Trinajstić information content (AvgIpc) is 3.46. The van der Waals surface area contributed by atoms with Crippen LogP contribution in [0.4, 0.5) is 0 Å². The number of methoxy groups -OCH3 is 1. The molecule has 31 heavy (non-hydrogen) atoms. The Morgan fingerprint density at radius 2 is 1.81 bits per heavy atom. The Kier molecular flexibility index (Phi) is 6.36. The molecule has 0 saturated carbocycles. The molecule has 0 aliphatic carbocycles. The maximum absolute atomic E-state index is 13.0. The lowest BCUT2D eigenvalue weighted by Gasteiger charge is -2.31. The molecule has 1 fully saturated rings. The number of aromatic nitrogens is 4. The van der Waals surface area contributed by atoms with Gasteiger partial charge in [-0.25, -0.2) is 9.48 Å². The standard InChI is InChI=1S/C23H29N5O3/c1-3-27-21(24-28(23(27)30)16-17-31-2)18-10-14-26(15-11-18)22(29)19-6-8-20(9-7-19)25-12-4-5-13-25/h4-9,12-13,18H,3,10-11,14-17H2,1-2H3. The van der Waals surface area contributed by atoms with Crippen LogP contribution in [-0.4, -0.2) is 56.5 Å². The van der Waals surface area contributed by atoms with Crippen molar-refractivity contribution in [2.75, 3.05) is 26.8 Å². The molecule has 0 unspecified atom stereocenters. The SMILES string of the molecule is CCn1c(C2CCN(C(=O)c3ccc(-n4cccc4)cc3)CC2)nn(CCOC)c1=O. The molecular formula is C23H29N5O3. The molecule has 0 bridgehead atoms. The number of rotatable bonds is 7. The van der Waals surface area contributed by atoms with Gasteiger partial charge in [-0.1, -0.05) is 0 Å². The van der Waals surface area contributed by atoms with Crippen LogP contribution in [-0.2, 0) is 17.8 Å². The molecule has 0 N–H and O–H groups in total. The molecule has 0 spiro atoms. The normalized spacial score (nSPS) is 14.8. The van der Waals surface area contributed by atoms with E-state index >= 15 is 0 Å². The van der Waals surface area contributed by atoms with Crippen LogP contribution >= 0.6 is 0 Å². The minimum atomic E-state index is -0.0872. The zero-order valence-electron chi connectivity index (χ0n) is 18.1. The summed E-state index contributed by atoms with van der Waals surface area (Å²) in [4.78, 5) is 27.5. The van der Waals surface area contributed by atoms with Crippen LogP contribution in [0.2, 0.25) is 0 Å². The van der Waals surface area contributed by atoms with E-state index in [0.717, 1.165) is 24.4 Å². The highest BCUT2D eigenvalue weighted by Gasteiger charge is 2.28. The summed E-state index contributed by atoms with van der Waals surface area (Å²) in [7, 11) is 1.61. The van der Waals surface area contributed by atoms with Gasteiger partial charge in [0.25, 0.3) is 5.91 Å². The second-order valence-corrected chi connectivity index (χ2v) is 7.80. The molecule has 1 aromatic carbocycles. The van der Waals surface area contributed by atoms with E-state index in [1.165, 1.54) is 4.68 Å². The molecule has 2 aromatic heterocycles. The molecule has 8 nitrogen and oxygen atoms in total. The quantitative estimate of drug-likeness (QED) is 0.585. The average molecular weight is 424 g/mol. The molecule has 0 radical (unpaired) electrons. The van der Waals surface area contributed by atoms with Gasteiger partial charge < -0.3 is 14.2 Å². The highest BCUT2D eigenvalue weighted by molar-refractivity contribution is 5.94. The Balaban J connectivity index is 1.41. The number of carbonyl (C=O) groups excluding carboxylic acids is 1. The molecule has 4 rings (SSSR count).